The van der Waals surface area contributed by atoms with Crippen LogP contribution in [0.4, 0.5) is 4.79 Å². The fourth-order valence-corrected chi connectivity index (χ4v) is 5.95. The van der Waals surface area contributed by atoms with Gasteiger partial charge in [-0.3, -0.25) is 9.59 Å². The van der Waals surface area contributed by atoms with Crippen molar-refractivity contribution >= 4 is 18.0 Å². The highest BCUT2D eigenvalue weighted by Gasteiger charge is 2.38. The molecule has 0 saturated carbocycles. The zero-order valence-electron chi connectivity index (χ0n) is 23.4. The fraction of sp³-hybridized carbons (Fsp3) is 0.364. The first-order chi connectivity index (χ1) is 19.8. The molecule has 1 aliphatic heterocycles. The third-order valence-corrected chi connectivity index (χ3v) is 8.22. The monoisotopic (exact) mass is 556 g/mol. The number of ether oxygens (including phenoxy) is 2. The molecule has 4 atom stereocenters. The molecule has 0 aromatic heterocycles. The van der Waals surface area contributed by atoms with Crippen LogP contribution in [-0.2, 0) is 25.7 Å². The van der Waals surface area contributed by atoms with Crippen molar-refractivity contribution in [3.05, 3.63) is 95.6 Å². The van der Waals surface area contributed by atoms with Gasteiger partial charge in [0, 0.05) is 18.5 Å². The largest absolute Gasteiger partial charge is 0.481 e. The molecule has 41 heavy (non-hydrogen) atoms. The Morgan fingerprint density at radius 2 is 1.56 bits per heavy atom. The van der Waals surface area contributed by atoms with Gasteiger partial charge < -0.3 is 24.8 Å². The van der Waals surface area contributed by atoms with Crippen molar-refractivity contribution in [1.29, 1.82) is 0 Å². The maximum atomic E-state index is 13.8. The number of rotatable bonds is 9. The molecule has 3 aromatic rings. The van der Waals surface area contributed by atoms with Crippen LogP contribution in [-0.4, -0.2) is 59.3 Å². The predicted molar refractivity (Wildman–Crippen MR) is 154 cm³/mol. The molecular formula is C33H36N2O6. The van der Waals surface area contributed by atoms with Crippen LogP contribution in [0.15, 0.2) is 78.9 Å². The lowest BCUT2D eigenvalue weighted by atomic mass is 9.91. The second kappa shape index (κ2) is 12.6. The number of piperidine rings is 1. The molecule has 1 saturated heterocycles. The van der Waals surface area contributed by atoms with E-state index in [0.29, 0.717) is 19.4 Å². The number of hydrogen-bond donors (Lipinski definition) is 2. The van der Waals surface area contributed by atoms with E-state index in [2.05, 4.69) is 29.6 Å². The summed E-state index contributed by atoms with van der Waals surface area (Å²) in [5, 5.41) is 12.2. The van der Waals surface area contributed by atoms with E-state index in [0.717, 1.165) is 27.8 Å². The van der Waals surface area contributed by atoms with Crippen molar-refractivity contribution in [2.45, 2.75) is 57.4 Å². The summed E-state index contributed by atoms with van der Waals surface area (Å²) in [5.74, 6) is -1.76. The van der Waals surface area contributed by atoms with E-state index in [1.165, 1.54) is 0 Å². The Hall–Kier alpha value is -4.17. The Balaban J connectivity index is 1.29. The van der Waals surface area contributed by atoms with Gasteiger partial charge in [-0.25, -0.2) is 4.79 Å². The quantitative estimate of drug-likeness (QED) is 0.375. The maximum absolute atomic E-state index is 13.8. The van der Waals surface area contributed by atoms with Gasteiger partial charge in [0.05, 0.1) is 18.6 Å². The number of carboxylic acid groups (broad SMARTS) is 1. The summed E-state index contributed by atoms with van der Waals surface area (Å²) in [7, 11) is 0. The van der Waals surface area contributed by atoms with Crippen LogP contribution >= 0.6 is 0 Å². The standard InChI is InChI=1S/C33H36N2O6/c1-21-18-24(32(37)38)16-17-35(21)31(36)30(22(2)40-19-23-10-4-3-5-11-23)34-33(39)41-20-29-27-14-8-6-12-25(27)26-13-7-9-15-28(26)29/h3-15,21-22,24,29-30H,16-20H2,1-2H3,(H,34,39)(H,37,38)/t21-,22?,24-,30?/m0/s1. The van der Waals surface area contributed by atoms with Crippen molar-refractivity contribution in [1.82, 2.24) is 10.2 Å². The van der Waals surface area contributed by atoms with Crippen LogP contribution in [0.1, 0.15) is 49.3 Å². The highest BCUT2D eigenvalue weighted by Crippen LogP contribution is 2.44. The molecule has 3 aromatic carbocycles. The Bertz CT molecular complexity index is 1350. The first-order valence-electron chi connectivity index (χ1n) is 14.1. The van der Waals surface area contributed by atoms with E-state index >= 15 is 0 Å². The Kier molecular flexibility index (Phi) is 8.69. The van der Waals surface area contributed by atoms with Crippen LogP contribution in [0, 0.1) is 5.92 Å². The Morgan fingerprint density at radius 1 is 0.951 bits per heavy atom. The van der Waals surface area contributed by atoms with E-state index in [1.54, 1.807) is 11.8 Å². The van der Waals surface area contributed by atoms with Gasteiger partial charge in [-0.1, -0.05) is 78.9 Å². The van der Waals surface area contributed by atoms with Gasteiger partial charge in [-0.15, -0.1) is 0 Å². The maximum Gasteiger partial charge on any atom is 0.407 e. The number of alkyl carbamates (subject to hydrolysis) is 1. The van der Waals surface area contributed by atoms with Crippen LogP contribution in [0.2, 0.25) is 0 Å². The number of amides is 2. The molecule has 214 valence electrons. The van der Waals surface area contributed by atoms with E-state index in [9.17, 15) is 19.5 Å². The summed E-state index contributed by atoms with van der Waals surface area (Å²) >= 11 is 0. The average molecular weight is 557 g/mol. The predicted octanol–water partition coefficient (Wildman–Crippen LogP) is 5.21. The van der Waals surface area contributed by atoms with Crippen molar-refractivity contribution in [3.63, 3.8) is 0 Å². The highest BCUT2D eigenvalue weighted by atomic mass is 16.5. The number of carbonyl (C=O) groups is 3. The number of aliphatic carboxylic acids is 1. The molecule has 5 rings (SSSR count). The zero-order chi connectivity index (χ0) is 28.9. The van der Waals surface area contributed by atoms with Gasteiger partial charge in [0.25, 0.3) is 0 Å². The molecule has 2 N–H and O–H groups in total. The molecule has 2 aliphatic rings. The van der Waals surface area contributed by atoms with Gasteiger partial charge in [-0.05, 0) is 54.5 Å². The molecular weight excluding hydrogens is 520 g/mol. The number of benzene rings is 3. The molecule has 0 bridgehead atoms. The number of nitrogens with zero attached hydrogens (tertiary/aromatic N) is 1. The third kappa shape index (κ3) is 6.28. The van der Waals surface area contributed by atoms with Crippen LogP contribution in [0.5, 0.6) is 0 Å². The molecule has 0 spiro atoms. The number of fused-ring (bicyclic) bond motifs is 3. The Labute approximate surface area is 240 Å². The van der Waals surface area contributed by atoms with E-state index in [-0.39, 0.29) is 31.1 Å². The summed E-state index contributed by atoms with van der Waals surface area (Å²) in [4.78, 5) is 40.1. The number of carbonyl (C=O) groups excluding carboxylic acids is 2. The summed E-state index contributed by atoms with van der Waals surface area (Å²) in [6, 6.07) is 24.5. The Morgan fingerprint density at radius 3 is 2.17 bits per heavy atom. The molecule has 2 unspecified atom stereocenters. The minimum Gasteiger partial charge on any atom is -0.481 e. The lowest BCUT2D eigenvalue weighted by Gasteiger charge is -2.39. The summed E-state index contributed by atoms with van der Waals surface area (Å²) in [5.41, 5.74) is 5.41. The number of hydrogen-bond acceptors (Lipinski definition) is 5. The topological polar surface area (TPSA) is 105 Å². The van der Waals surface area contributed by atoms with Gasteiger partial charge in [-0.2, -0.15) is 0 Å². The van der Waals surface area contributed by atoms with Gasteiger partial charge >= 0.3 is 12.1 Å². The van der Waals surface area contributed by atoms with Crippen molar-refractivity contribution < 1.29 is 29.0 Å². The first-order valence-corrected chi connectivity index (χ1v) is 14.1. The van der Waals surface area contributed by atoms with Gasteiger partial charge in [0.15, 0.2) is 0 Å². The van der Waals surface area contributed by atoms with Crippen LogP contribution in [0.3, 0.4) is 0 Å². The average Bonchev–Trinajstić information content (AvgIpc) is 3.31. The summed E-state index contributed by atoms with van der Waals surface area (Å²) in [6.45, 7) is 4.29. The summed E-state index contributed by atoms with van der Waals surface area (Å²) < 4.78 is 11.8. The lowest BCUT2D eigenvalue weighted by Crippen LogP contribution is -2.58. The minimum atomic E-state index is -1.00. The SMILES string of the molecule is CC(OCc1ccccc1)C(NC(=O)OCC1c2ccccc2-c2ccccc21)C(=O)N1CC[C@H](C(=O)O)C[C@@H]1C. The summed E-state index contributed by atoms with van der Waals surface area (Å²) in [6.07, 6.45) is -0.638. The molecule has 8 nitrogen and oxygen atoms in total. The normalized spacial score (nSPS) is 19.5. The highest BCUT2D eigenvalue weighted by molar-refractivity contribution is 5.87. The second-order valence-corrected chi connectivity index (χ2v) is 10.9. The van der Waals surface area contributed by atoms with E-state index in [4.69, 9.17) is 9.47 Å². The van der Waals surface area contributed by atoms with Crippen molar-refractivity contribution in [2.75, 3.05) is 13.2 Å². The number of likely N-dealkylation sites (tertiary alicyclic amines) is 1. The molecule has 1 heterocycles. The molecule has 1 fully saturated rings. The number of carboxylic acids is 1. The minimum absolute atomic E-state index is 0.107. The fourth-order valence-electron chi connectivity index (χ4n) is 5.95. The number of nitrogens with one attached hydrogen (secondary N) is 1. The molecule has 8 heteroatoms. The van der Waals surface area contributed by atoms with Crippen LogP contribution < -0.4 is 5.32 Å². The smallest absolute Gasteiger partial charge is 0.407 e. The molecule has 0 radical (unpaired) electrons. The van der Waals surface area contributed by atoms with Gasteiger partial charge in [0.1, 0.15) is 12.6 Å². The van der Waals surface area contributed by atoms with Crippen LogP contribution in [0.25, 0.3) is 11.1 Å². The van der Waals surface area contributed by atoms with Gasteiger partial charge in [0.2, 0.25) is 5.91 Å². The second-order valence-electron chi connectivity index (χ2n) is 10.9. The van der Waals surface area contributed by atoms with Crippen molar-refractivity contribution in [3.8, 4) is 11.1 Å². The van der Waals surface area contributed by atoms with E-state index in [1.807, 2.05) is 61.5 Å². The van der Waals surface area contributed by atoms with Crippen molar-refractivity contribution in [2.24, 2.45) is 5.92 Å². The third-order valence-electron chi connectivity index (χ3n) is 8.22. The first kappa shape index (κ1) is 28.4. The molecule has 1 aliphatic carbocycles. The molecule has 2 amide bonds. The van der Waals surface area contributed by atoms with E-state index < -0.39 is 30.1 Å². The lowest BCUT2D eigenvalue weighted by molar-refractivity contribution is -0.149. The zero-order valence-corrected chi connectivity index (χ0v) is 23.4.